The molecule has 0 bridgehead atoms. The molecule has 0 atom stereocenters. The summed E-state index contributed by atoms with van der Waals surface area (Å²) in [5, 5.41) is 5.60. The Bertz CT molecular complexity index is 900. The van der Waals surface area contributed by atoms with Crippen LogP contribution in [0, 0.1) is 0 Å². The molecule has 0 aliphatic carbocycles. The smallest absolute Gasteiger partial charge is 0.226 e. The first-order chi connectivity index (χ1) is 13.4. The highest BCUT2D eigenvalue weighted by molar-refractivity contribution is 7.13. The van der Waals surface area contributed by atoms with E-state index in [0.29, 0.717) is 13.2 Å². The SMILES string of the molecule is CC(C)(C)c1ccc(OCCNC(=O)Cc2csc(-c3ccccn3)n2)cc1. The molecular formula is C22H25N3O2S. The second-order valence-electron chi connectivity index (χ2n) is 7.51. The highest BCUT2D eigenvalue weighted by Crippen LogP contribution is 2.24. The fourth-order valence-electron chi connectivity index (χ4n) is 2.63. The van der Waals surface area contributed by atoms with Crippen molar-refractivity contribution in [1.82, 2.24) is 15.3 Å². The van der Waals surface area contributed by atoms with Crippen molar-refractivity contribution in [1.29, 1.82) is 0 Å². The number of nitrogens with one attached hydrogen (secondary N) is 1. The van der Waals surface area contributed by atoms with Gasteiger partial charge in [0.25, 0.3) is 0 Å². The van der Waals surface area contributed by atoms with Gasteiger partial charge in [-0.1, -0.05) is 39.0 Å². The topological polar surface area (TPSA) is 64.1 Å². The van der Waals surface area contributed by atoms with Gasteiger partial charge in [-0.05, 0) is 35.2 Å². The van der Waals surface area contributed by atoms with Crippen molar-refractivity contribution >= 4 is 17.2 Å². The molecule has 2 heterocycles. The normalized spacial score (nSPS) is 11.2. The lowest BCUT2D eigenvalue weighted by Crippen LogP contribution is -2.29. The van der Waals surface area contributed by atoms with Gasteiger partial charge >= 0.3 is 0 Å². The van der Waals surface area contributed by atoms with Crippen LogP contribution >= 0.6 is 11.3 Å². The zero-order valence-electron chi connectivity index (χ0n) is 16.4. The Morgan fingerprint density at radius 2 is 1.93 bits per heavy atom. The molecule has 0 unspecified atom stereocenters. The lowest BCUT2D eigenvalue weighted by molar-refractivity contribution is -0.120. The maximum atomic E-state index is 12.1. The fraction of sp³-hybridized carbons (Fsp3) is 0.318. The Kier molecular flexibility index (Phi) is 6.41. The third kappa shape index (κ3) is 5.63. The Labute approximate surface area is 169 Å². The zero-order chi connectivity index (χ0) is 20.0. The molecule has 1 amide bonds. The number of nitrogens with zero attached hydrogens (tertiary/aromatic N) is 2. The van der Waals surface area contributed by atoms with E-state index in [4.69, 9.17) is 4.74 Å². The summed E-state index contributed by atoms with van der Waals surface area (Å²) in [6, 6.07) is 13.8. The second kappa shape index (κ2) is 8.97. The Hall–Kier alpha value is -2.73. The number of pyridine rings is 1. The number of hydrogen-bond donors (Lipinski definition) is 1. The monoisotopic (exact) mass is 395 g/mol. The maximum Gasteiger partial charge on any atom is 0.226 e. The van der Waals surface area contributed by atoms with Gasteiger partial charge in [-0.15, -0.1) is 11.3 Å². The van der Waals surface area contributed by atoms with Gasteiger partial charge in [0.1, 0.15) is 17.4 Å². The van der Waals surface area contributed by atoms with Crippen molar-refractivity contribution < 1.29 is 9.53 Å². The van der Waals surface area contributed by atoms with Crippen molar-refractivity contribution in [3.05, 3.63) is 65.3 Å². The summed E-state index contributed by atoms with van der Waals surface area (Å²) in [6.45, 7) is 7.42. The van der Waals surface area contributed by atoms with Gasteiger partial charge < -0.3 is 10.1 Å². The van der Waals surface area contributed by atoms with Gasteiger partial charge in [-0.25, -0.2) is 4.98 Å². The van der Waals surface area contributed by atoms with Crippen LogP contribution in [0.25, 0.3) is 10.7 Å². The molecule has 1 aromatic carbocycles. The number of rotatable bonds is 7. The molecule has 5 nitrogen and oxygen atoms in total. The molecule has 28 heavy (non-hydrogen) atoms. The van der Waals surface area contributed by atoms with E-state index in [1.807, 2.05) is 35.7 Å². The van der Waals surface area contributed by atoms with Gasteiger partial charge in [0.2, 0.25) is 5.91 Å². The average molecular weight is 396 g/mol. The van der Waals surface area contributed by atoms with Crippen molar-refractivity contribution in [2.24, 2.45) is 0 Å². The summed E-state index contributed by atoms with van der Waals surface area (Å²) in [5.41, 5.74) is 2.96. The van der Waals surface area contributed by atoms with Gasteiger partial charge in [0, 0.05) is 11.6 Å². The molecule has 3 aromatic rings. The second-order valence-corrected chi connectivity index (χ2v) is 8.37. The van der Waals surface area contributed by atoms with Crippen LogP contribution in [0.15, 0.2) is 54.0 Å². The molecule has 6 heteroatoms. The van der Waals surface area contributed by atoms with Gasteiger partial charge in [-0.2, -0.15) is 0 Å². The number of thiazole rings is 1. The highest BCUT2D eigenvalue weighted by atomic mass is 32.1. The maximum absolute atomic E-state index is 12.1. The molecule has 0 saturated heterocycles. The zero-order valence-corrected chi connectivity index (χ0v) is 17.3. The molecule has 3 rings (SSSR count). The number of aromatic nitrogens is 2. The summed E-state index contributed by atoms with van der Waals surface area (Å²) in [6.07, 6.45) is 1.99. The molecule has 0 spiro atoms. The fourth-order valence-corrected chi connectivity index (χ4v) is 3.43. The van der Waals surface area contributed by atoms with Crippen LogP contribution in [0.5, 0.6) is 5.75 Å². The first kappa shape index (κ1) is 20.0. The average Bonchev–Trinajstić information content (AvgIpc) is 3.14. The number of benzene rings is 1. The van der Waals surface area contributed by atoms with Crippen LogP contribution in [0.3, 0.4) is 0 Å². The summed E-state index contributed by atoms with van der Waals surface area (Å²) >= 11 is 1.49. The van der Waals surface area contributed by atoms with Crippen LogP contribution in [0.4, 0.5) is 0 Å². The minimum atomic E-state index is -0.0652. The van der Waals surface area contributed by atoms with Crippen molar-refractivity contribution in [3.8, 4) is 16.5 Å². The molecule has 0 aliphatic heterocycles. The van der Waals surface area contributed by atoms with Crippen LogP contribution in [0.2, 0.25) is 0 Å². The van der Waals surface area contributed by atoms with E-state index in [9.17, 15) is 4.79 Å². The minimum absolute atomic E-state index is 0.0652. The van der Waals surface area contributed by atoms with Crippen molar-refractivity contribution in [3.63, 3.8) is 0 Å². The molecule has 146 valence electrons. The third-order valence-corrected chi connectivity index (χ3v) is 5.10. The first-order valence-electron chi connectivity index (χ1n) is 9.28. The quantitative estimate of drug-likeness (QED) is 0.608. The number of carbonyl (C=O) groups is 1. The lowest BCUT2D eigenvalue weighted by Gasteiger charge is -2.19. The standard InChI is InChI=1S/C22H25N3O2S/c1-22(2,3)16-7-9-18(10-8-16)27-13-12-24-20(26)14-17-15-28-21(25-17)19-6-4-5-11-23-19/h4-11,15H,12-14H2,1-3H3,(H,24,26). The van der Waals surface area contributed by atoms with Crippen LogP contribution in [0.1, 0.15) is 32.0 Å². The molecule has 0 aliphatic rings. The van der Waals surface area contributed by atoms with Gasteiger partial charge in [0.15, 0.2) is 0 Å². The predicted octanol–water partition coefficient (Wildman–Crippen LogP) is 4.24. The van der Waals surface area contributed by atoms with E-state index in [1.165, 1.54) is 16.9 Å². The van der Waals surface area contributed by atoms with Gasteiger partial charge in [0.05, 0.1) is 24.4 Å². The largest absolute Gasteiger partial charge is 0.492 e. The summed E-state index contributed by atoms with van der Waals surface area (Å²) in [4.78, 5) is 20.9. The van der Waals surface area contributed by atoms with E-state index in [2.05, 4.69) is 48.2 Å². The molecular weight excluding hydrogens is 370 g/mol. The van der Waals surface area contributed by atoms with Crippen LogP contribution in [-0.2, 0) is 16.6 Å². The molecule has 0 fully saturated rings. The first-order valence-corrected chi connectivity index (χ1v) is 10.2. The highest BCUT2D eigenvalue weighted by Gasteiger charge is 2.13. The Morgan fingerprint density at radius 1 is 1.14 bits per heavy atom. The molecule has 0 saturated carbocycles. The van der Waals surface area contributed by atoms with Crippen molar-refractivity contribution in [2.45, 2.75) is 32.6 Å². The summed E-state index contributed by atoms with van der Waals surface area (Å²) in [5.74, 6) is 0.742. The Balaban J connectivity index is 1.41. The third-order valence-electron chi connectivity index (χ3n) is 4.19. The molecule has 0 radical (unpaired) electrons. The minimum Gasteiger partial charge on any atom is -0.492 e. The van der Waals surface area contributed by atoms with E-state index >= 15 is 0 Å². The van der Waals surface area contributed by atoms with E-state index in [1.54, 1.807) is 6.20 Å². The van der Waals surface area contributed by atoms with E-state index in [0.717, 1.165) is 22.1 Å². The summed E-state index contributed by atoms with van der Waals surface area (Å²) < 4.78 is 5.70. The number of carbonyl (C=O) groups excluding carboxylic acids is 1. The van der Waals surface area contributed by atoms with E-state index < -0.39 is 0 Å². The van der Waals surface area contributed by atoms with Crippen LogP contribution in [-0.4, -0.2) is 29.0 Å². The Morgan fingerprint density at radius 3 is 2.61 bits per heavy atom. The number of ether oxygens (including phenoxy) is 1. The molecule has 1 N–H and O–H groups in total. The number of amides is 1. The van der Waals surface area contributed by atoms with Crippen molar-refractivity contribution in [2.75, 3.05) is 13.2 Å². The number of hydrogen-bond acceptors (Lipinski definition) is 5. The van der Waals surface area contributed by atoms with Gasteiger partial charge in [-0.3, -0.25) is 9.78 Å². The predicted molar refractivity (Wildman–Crippen MR) is 113 cm³/mol. The van der Waals surface area contributed by atoms with Crippen LogP contribution < -0.4 is 10.1 Å². The lowest BCUT2D eigenvalue weighted by atomic mass is 9.87. The molecule has 2 aromatic heterocycles. The van der Waals surface area contributed by atoms with E-state index in [-0.39, 0.29) is 17.7 Å². The summed E-state index contributed by atoms with van der Waals surface area (Å²) in [7, 11) is 0.